The number of nitrogens with zero attached hydrogens (tertiary/aromatic N) is 3. The number of aromatic nitrogens is 2. The zero-order chi connectivity index (χ0) is 27.1. The van der Waals surface area contributed by atoms with Gasteiger partial charge in [0.25, 0.3) is 15.9 Å². The number of amides is 1. The summed E-state index contributed by atoms with van der Waals surface area (Å²) in [7, 11) is -2.53. The number of carbonyl (C=O) groups is 1. The Labute approximate surface area is 231 Å². The number of para-hydroxylation sites is 1. The molecule has 0 saturated heterocycles. The van der Waals surface area contributed by atoms with Gasteiger partial charge in [0.15, 0.2) is 4.34 Å². The second-order valence-corrected chi connectivity index (χ2v) is 12.8. The molecule has 0 unspecified atom stereocenters. The van der Waals surface area contributed by atoms with Crippen molar-refractivity contribution in [3.05, 3.63) is 90.0 Å². The molecule has 0 atom stereocenters. The topological polar surface area (TPSA) is 101 Å². The van der Waals surface area contributed by atoms with Crippen LogP contribution in [0.1, 0.15) is 29.8 Å². The molecule has 3 aromatic carbocycles. The highest BCUT2D eigenvalue weighted by Gasteiger charge is 2.29. The van der Waals surface area contributed by atoms with Crippen LogP contribution in [0.4, 0.5) is 10.8 Å². The molecule has 0 spiro atoms. The van der Waals surface area contributed by atoms with Crippen LogP contribution < -0.4 is 14.4 Å². The third-order valence-corrected chi connectivity index (χ3v) is 9.57. The van der Waals surface area contributed by atoms with E-state index in [9.17, 15) is 13.2 Å². The maximum Gasteiger partial charge on any atom is 0.264 e. The summed E-state index contributed by atoms with van der Waals surface area (Å²) < 4.78 is 35.1. The summed E-state index contributed by atoms with van der Waals surface area (Å²) in [6, 6.07) is 22.0. The molecule has 0 aliphatic carbocycles. The van der Waals surface area contributed by atoms with Gasteiger partial charge in [0.2, 0.25) is 5.13 Å². The number of nitrogens with one attached hydrogen (secondary N) is 1. The molecule has 1 aromatic heterocycles. The number of carbonyl (C=O) groups excluding carboxylic acids is 1. The van der Waals surface area contributed by atoms with Crippen molar-refractivity contribution in [3.8, 4) is 5.75 Å². The molecule has 11 heteroatoms. The van der Waals surface area contributed by atoms with Gasteiger partial charge in [0, 0.05) is 5.75 Å². The zero-order valence-corrected chi connectivity index (χ0v) is 23.6. The Morgan fingerprint density at radius 2 is 1.68 bits per heavy atom. The zero-order valence-electron chi connectivity index (χ0n) is 21.2. The molecule has 0 radical (unpaired) electrons. The highest BCUT2D eigenvalue weighted by molar-refractivity contribution is 8.01. The van der Waals surface area contributed by atoms with E-state index in [2.05, 4.69) is 29.4 Å². The summed E-state index contributed by atoms with van der Waals surface area (Å²) in [6.07, 6.45) is 0. The predicted octanol–water partition coefficient (Wildman–Crippen LogP) is 5.94. The molecule has 4 aromatic rings. The van der Waals surface area contributed by atoms with Gasteiger partial charge in [-0.3, -0.25) is 14.4 Å². The third-order valence-electron chi connectivity index (χ3n) is 5.40. The molecule has 4 rings (SSSR count). The number of thioether (sulfide) groups is 1. The lowest BCUT2D eigenvalue weighted by atomic mass is 10.1. The van der Waals surface area contributed by atoms with E-state index in [-0.39, 0.29) is 22.7 Å². The van der Waals surface area contributed by atoms with Gasteiger partial charge in [-0.15, -0.1) is 10.2 Å². The maximum atomic E-state index is 13.9. The number of ether oxygens (including phenoxy) is 1. The number of methoxy groups -OCH3 is 1. The van der Waals surface area contributed by atoms with Crippen LogP contribution in [0.25, 0.3) is 0 Å². The molecule has 0 fully saturated rings. The van der Waals surface area contributed by atoms with Gasteiger partial charge in [-0.2, -0.15) is 0 Å². The second-order valence-electron chi connectivity index (χ2n) is 8.72. The lowest BCUT2D eigenvalue weighted by molar-refractivity contribution is 0.102. The first-order chi connectivity index (χ1) is 18.3. The molecule has 8 nitrogen and oxygen atoms in total. The van der Waals surface area contributed by atoms with E-state index in [1.165, 1.54) is 34.9 Å². The summed E-state index contributed by atoms with van der Waals surface area (Å²) in [4.78, 5) is 13.5. The molecular weight excluding hydrogens is 541 g/mol. The number of benzene rings is 3. The smallest absolute Gasteiger partial charge is 0.264 e. The van der Waals surface area contributed by atoms with E-state index in [1.807, 2.05) is 30.3 Å². The SMILES string of the molecule is COc1ccc(S(=O)(=O)N(Cc2ccccc2)c2ccccc2C(=O)Nc2nnc(SCC(C)C)s2)cc1. The van der Waals surface area contributed by atoms with Crippen LogP contribution in [-0.2, 0) is 16.6 Å². The van der Waals surface area contributed by atoms with Crippen molar-refractivity contribution >= 4 is 49.8 Å². The molecule has 1 N–H and O–H groups in total. The molecule has 0 aliphatic rings. The highest BCUT2D eigenvalue weighted by atomic mass is 32.2. The van der Waals surface area contributed by atoms with Gasteiger partial charge in [0.05, 0.1) is 29.8 Å². The lowest BCUT2D eigenvalue weighted by Crippen LogP contribution is -2.32. The minimum absolute atomic E-state index is 0.0360. The van der Waals surface area contributed by atoms with E-state index in [4.69, 9.17) is 4.74 Å². The molecule has 1 heterocycles. The number of hydrogen-bond acceptors (Lipinski definition) is 8. The Bertz CT molecular complexity index is 1470. The normalized spacial score (nSPS) is 11.4. The number of anilines is 2. The molecular formula is C27H28N4O4S3. The fourth-order valence-corrected chi connectivity index (χ4v) is 6.72. The number of sulfonamides is 1. The van der Waals surface area contributed by atoms with Crippen LogP contribution in [-0.4, -0.2) is 37.4 Å². The fourth-order valence-electron chi connectivity index (χ4n) is 3.53. The predicted molar refractivity (Wildman–Crippen MR) is 153 cm³/mol. The van der Waals surface area contributed by atoms with E-state index < -0.39 is 15.9 Å². The molecule has 198 valence electrons. The Morgan fingerprint density at radius 1 is 1.00 bits per heavy atom. The first-order valence-electron chi connectivity index (χ1n) is 11.9. The summed E-state index contributed by atoms with van der Waals surface area (Å²) in [5.41, 5.74) is 1.23. The monoisotopic (exact) mass is 568 g/mol. The first kappa shape index (κ1) is 27.6. The minimum Gasteiger partial charge on any atom is -0.497 e. The van der Waals surface area contributed by atoms with Crippen molar-refractivity contribution in [1.82, 2.24) is 10.2 Å². The number of hydrogen-bond donors (Lipinski definition) is 1. The Morgan fingerprint density at radius 3 is 2.37 bits per heavy atom. The average Bonchev–Trinajstić information content (AvgIpc) is 3.38. The van der Waals surface area contributed by atoms with Gasteiger partial charge >= 0.3 is 0 Å². The van der Waals surface area contributed by atoms with E-state index in [1.54, 1.807) is 48.2 Å². The van der Waals surface area contributed by atoms with Crippen molar-refractivity contribution in [3.63, 3.8) is 0 Å². The molecule has 1 amide bonds. The van der Waals surface area contributed by atoms with Gasteiger partial charge in [-0.1, -0.05) is 79.4 Å². The average molecular weight is 569 g/mol. The van der Waals surface area contributed by atoms with Crippen molar-refractivity contribution in [2.24, 2.45) is 5.92 Å². The molecule has 0 bridgehead atoms. The van der Waals surface area contributed by atoms with Gasteiger partial charge in [0.1, 0.15) is 5.75 Å². The van der Waals surface area contributed by atoms with Crippen molar-refractivity contribution in [2.45, 2.75) is 29.6 Å². The van der Waals surface area contributed by atoms with Gasteiger partial charge < -0.3 is 4.74 Å². The van der Waals surface area contributed by atoms with Crippen LogP contribution in [0, 0.1) is 5.92 Å². The molecule has 0 aliphatic heterocycles. The summed E-state index contributed by atoms with van der Waals surface area (Å²) in [5.74, 6) is 1.46. The van der Waals surface area contributed by atoms with E-state index in [0.29, 0.717) is 16.8 Å². The fraction of sp³-hybridized carbons (Fsp3) is 0.222. The Hall–Kier alpha value is -3.41. The second kappa shape index (κ2) is 12.4. The molecule has 38 heavy (non-hydrogen) atoms. The van der Waals surface area contributed by atoms with Crippen molar-refractivity contribution in [2.75, 3.05) is 22.5 Å². The van der Waals surface area contributed by atoms with Crippen LogP contribution in [0.5, 0.6) is 5.75 Å². The van der Waals surface area contributed by atoms with Crippen LogP contribution >= 0.6 is 23.1 Å². The largest absolute Gasteiger partial charge is 0.497 e. The van der Waals surface area contributed by atoms with Crippen LogP contribution in [0.2, 0.25) is 0 Å². The quantitative estimate of drug-likeness (QED) is 0.176. The summed E-state index contributed by atoms with van der Waals surface area (Å²) in [5, 5.41) is 11.4. The van der Waals surface area contributed by atoms with Gasteiger partial charge in [-0.25, -0.2) is 8.42 Å². The van der Waals surface area contributed by atoms with E-state index >= 15 is 0 Å². The van der Waals surface area contributed by atoms with Crippen molar-refractivity contribution in [1.29, 1.82) is 0 Å². The lowest BCUT2D eigenvalue weighted by Gasteiger charge is -2.26. The van der Waals surface area contributed by atoms with Gasteiger partial charge in [-0.05, 0) is 47.9 Å². The first-order valence-corrected chi connectivity index (χ1v) is 15.1. The maximum absolute atomic E-state index is 13.9. The van der Waals surface area contributed by atoms with E-state index in [0.717, 1.165) is 15.7 Å². The minimum atomic E-state index is -4.05. The van der Waals surface area contributed by atoms with Crippen LogP contribution in [0.15, 0.2) is 88.1 Å². The Kier molecular flexibility index (Phi) is 9.03. The highest BCUT2D eigenvalue weighted by Crippen LogP contribution is 2.32. The van der Waals surface area contributed by atoms with Crippen molar-refractivity contribution < 1.29 is 17.9 Å². The standard InChI is InChI=1S/C27H28N4O4S3/c1-19(2)18-36-27-30-29-26(37-27)28-25(32)23-11-7-8-12-24(23)31(17-20-9-5-4-6-10-20)38(33,34)22-15-13-21(35-3)14-16-22/h4-16,19H,17-18H2,1-3H3,(H,28,29,32). The Balaban J connectivity index is 1.69. The third kappa shape index (κ3) is 6.72. The summed E-state index contributed by atoms with van der Waals surface area (Å²) in [6.45, 7) is 4.28. The number of rotatable bonds is 11. The molecule has 0 saturated carbocycles. The van der Waals surface area contributed by atoms with Crippen LogP contribution in [0.3, 0.4) is 0 Å². The summed E-state index contributed by atoms with van der Waals surface area (Å²) >= 11 is 2.87.